The highest BCUT2D eigenvalue weighted by Crippen LogP contribution is 2.39. The summed E-state index contributed by atoms with van der Waals surface area (Å²) in [5.41, 5.74) is -1.70. The molecule has 90 valence electrons. The third-order valence-electron chi connectivity index (χ3n) is 3.17. The highest BCUT2D eigenvalue weighted by molar-refractivity contribution is 5.04. The lowest BCUT2D eigenvalue weighted by atomic mass is 9.95. The molecule has 1 saturated heterocycles. The number of rotatable bonds is 3. The zero-order valence-corrected chi connectivity index (χ0v) is 9.49. The lowest BCUT2D eigenvalue weighted by molar-refractivity contribution is -0.192. The molecular formula is C10H19F3N2. The molecule has 1 N–H and O–H groups in total. The van der Waals surface area contributed by atoms with Crippen LogP contribution in [-0.2, 0) is 0 Å². The van der Waals surface area contributed by atoms with Crippen molar-refractivity contribution in [3.05, 3.63) is 0 Å². The molecule has 0 spiro atoms. The summed E-state index contributed by atoms with van der Waals surface area (Å²) in [5.74, 6) is 0. The molecule has 0 aromatic rings. The van der Waals surface area contributed by atoms with Crippen molar-refractivity contribution in [3.8, 4) is 0 Å². The van der Waals surface area contributed by atoms with Gasteiger partial charge >= 0.3 is 6.18 Å². The van der Waals surface area contributed by atoms with E-state index in [0.717, 1.165) is 6.42 Å². The quantitative estimate of drug-likeness (QED) is 0.789. The van der Waals surface area contributed by atoms with Crippen LogP contribution in [0.4, 0.5) is 13.2 Å². The minimum Gasteiger partial charge on any atom is -0.302 e. The van der Waals surface area contributed by atoms with Gasteiger partial charge in [-0.3, -0.25) is 0 Å². The van der Waals surface area contributed by atoms with Crippen LogP contribution in [-0.4, -0.2) is 42.8 Å². The summed E-state index contributed by atoms with van der Waals surface area (Å²) in [6, 6.07) is -0.0176. The molecule has 1 heterocycles. The van der Waals surface area contributed by atoms with E-state index in [2.05, 4.69) is 5.32 Å². The Labute approximate surface area is 88.8 Å². The maximum Gasteiger partial charge on any atom is 0.407 e. The molecular weight excluding hydrogens is 205 g/mol. The van der Waals surface area contributed by atoms with Crippen molar-refractivity contribution < 1.29 is 13.2 Å². The van der Waals surface area contributed by atoms with E-state index in [1.165, 1.54) is 0 Å². The first kappa shape index (κ1) is 12.8. The van der Waals surface area contributed by atoms with Crippen LogP contribution in [0.25, 0.3) is 0 Å². The van der Waals surface area contributed by atoms with Crippen molar-refractivity contribution in [1.82, 2.24) is 10.2 Å². The fourth-order valence-electron chi connectivity index (χ4n) is 2.10. The Kier molecular flexibility index (Phi) is 3.66. The van der Waals surface area contributed by atoms with E-state index in [1.807, 2.05) is 13.8 Å². The van der Waals surface area contributed by atoms with Gasteiger partial charge in [0.1, 0.15) is 5.54 Å². The third-order valence-corrected chi connectivity index (χ3v) is 3.17. The zero-order chi connectivity index (χ0) is 11.7. The van der Waals surface area contributed by atoms with E-state index in [0.29, 0.717) is 6.54 Å². The van der Waals surface area contributed by atoms with Crippen molar-refractivity contribution >= 4 is 0 Å². The van der Waals surface area contributed by atoms with E-state index in [-0.39, 0.29) is 19.0 Å². The van der Waals surface area contributed by atoms with Crippen LogP contribution in [0.3, 0.4) is 0 Å². The number of nitrogens with zero attached hydrogens (tertiary/aromatic N) is 1. The number of likely N-dealkylation sites (N-methyl/N-ethyl adjacent to an activating group) is 1. The van der Waals surface area contributed by atoms with Gasteiger partial charge in [0.05, 0.1) is 0 Å². The van der Waals surface area contributed by atoms with E-state index >= 15 is 0 Å². The van der Waals surface area contributed by atoms with Crippen molar-refractivity contribution in [3.63, 3.8) is 0 Å². The maximum absolute atomic E-state index is 13.0. The van der Waals surface area contributed by atoms with Gasteiger partial charge in [0.25, 0.3) is 0 Å². The summed E-state index contributed by atoms with van der Waals surface area (Å²) in [6.07, 6.45) is -3.30. The average molecular weight is 224 g/mol. The Bertz CT molecular complexity index is 205. The highest BCUT2D eigenvalue weighted by atomic mass is 19.4. The minimum absolute atomic E-state index is 0.0176. The third kappa shape index (κ3) is 2.45. The monoisotopic (exact) mass is 224 g/mol. The van der Waals surface area contributed by atoms with E-state index in [9.17, 15) is 13.2 Å². The van der Waals surface area contributed by atoms with Gasteiger partial charge in [-0.05, 0) is 33.4 Å². The predicted octanol–water partition coefficient (Wildman–Crippen LogP) is 2.01. The van der Waals surface area contributed by atoms with Crippen LogP contribution in [0, 0.1) is 0 Å². The lowest BCUT2D eigenvalue weighted by Gasteiger charge is -2.32. The fraction of sp³-hybridized carbons (Fsp3) is 1.00. The number of hydrogen-bond acceptors (Lipinski definition) is 2. The standard InChI is InChI=1S/C10H19F3N2/c1-4-5-14-9(10(11,12)13)6-8(2)15(3)7-9/h8,14H,4-7H2,1-3H3. The van der Waals surface area contributed by atoms with E-state index < -0.39 is 11.7 Å². The van der Waals surface area contributed by atoms with Crippen molar-refractivity contribution in [2.24, 2.45) is 0 Å². The molecule has 1 aliphatic rings. The van der Waals surface area contributed by atoms with Crippen molar-refractivity contribution in [1.29, 1.82) is 0 Å². The van der Waals surface area contributed by atoms with Gasteiger partial charge in [-0.1, -0.05) is 6.92 Å². The molecule has 0 aliphatic carbocycles. The second kappa shape index (κ2) is 4.29. The van der Waals surface area contributed by atoms with Crippen molar-refractivity contribution in [2.75, 3.05) is 20.1 Å². The van der Waals surface area contributed by atoms with Gasteiger partial charge in [-0.25, -0.2) is 0 Å². The topological polar surface area (TPSA) is 15.3 Å². The summed E-state index contributed by atoms with van der Waals surface area (Å²) in [6.45, 7) is 4.18. The predicted molar refractivity (Wildman–Crippen MR) is 53.8 cm³/mol. The first-order valence-corrected chi connectivity index (χ1v) is 5.34. The molecule has 5 heteroatoms. The molecule has 0 aromatic carbocycles. The Morgan fingerprint density at radius 1 is 1.47 bits per heavy atom. The highest BCUT2D eigenvalue weighted by Gasteiger charge is 2.58. The van der Waals surface area contributed by atoms with Crippen LogP contribution in [0.2, 0.25) is 0 Å². The van der Waals surface area contributed by atoms with Crippen LogP contribution < -0.4 is 5.32 Å². The second-order valence-corrected chi connectivity index (χ2v) is 4.47. The molecule has 1 aliphatic heterocycles. The van der Waals surface area contributed by atoms with E-state index in [4.69, 9.17) is 0 Å². The summed E-state index contributed by atoms with van der Waals surface area (Å²) in [5, 5.41) is 2.68. The van der Waals surface area contributed by atoms with Crippen molar-refractivity contribution in [2.45, 2.75) is 44.4 Å². The molecule has 1 rings (SSSR count). The number of nitrogens with one attached hydrogen (secondary N) is 1. The first-order chi connectivity index (χ1) is 6.82. The Hall–Kier alpha value is -0.290. The maximum atomic E-state index is 13.0. The Morgan fingerprint density at radius 2 is 2.07 bits per heavy atom. The first-order valence-electron chi connectivity index (χ1n) is 5.34. The number of alkyl halides is 3. The average Bonchev–Trinajstić information content (AvgIpc) is 2.39. The lowest BCUT2D eigenvalue weighted by Crippen LogP contribution is -2.58. The molecule has 0 saturated carbocycles. The van der Waals surface area contributed by atoms with Gasteiger partial charge in [0.2, 0.25) is 0 Å². The van der Waals surface area contributed by atoms with Crippen LogP contribution >= 0.6 is 0 Å². The number of likely N-dealkylation sites (tertiary alicyclic amines) is 1. The summed E-state index contributed by atoms with van der Waals surface area (Å²) >= 11 is 0. The summed E-state index contributed by atoms with van der Waals surface area (Å²) in [4.78, 5) is 1.76. The van der Waals surface area contributed by atoms with Crippen LogP contribution in [0.15, 0.2) is 0 Å². The molecule has 0 amide bonds. The largest absolute Gasteiger partial charge is 0.407 e. The molecule has 0 bridgehead atoms. The molecule has 1 fully saturated rings. The fourth-order valence-corrected chi connectivity index (χ4v) is 2.10. The smallest absolute Gasteiger partial charge is 0.302 e. The molecule has 15 heavy (non-hydrogen) atoms. The molecule has 2 atom stereocenters. The number of halogens is 3. The zero-order valence-electron chi connectivity index (χ0n) is 9.49. The van der Waals surface area contributed by atoms with Crippen LogP contribution in [0.5, 0.6) is 0 Å². The molecule has 2 nitrogen and oxygen atoms in total. The van der Waals surface area contributed by atoms with Gasteiger partial charge < -0.3 is 10.2 Å². The van der Waals surface area contributed by atoms with Gasteiger partial charge in [0, 0.05) is 12.6 Å². The van der Waals surface area contributed by atoms with Gasteiger partial charge in [-0.2, -0.15) is 13.2 Å². The minimum atomic E-state index is -4.17. The molecule has 0 aromatic heterocycles. The SMILES string of the molecule is CCCNC1(C(F)(F)F)CC(C)N(C)C1. The summed E-state index contributed by atoms with van der Waals surface area (Å²) in [7, 11) is 1.74. The Balaban J connectivity index is 2.80. The normalized spacial score (nSPS) is 33.6. The van der Waals surface area contributed by atoms with Gasteiger partial charge in [-0.15, -0.1) is 0 Å². The number of hydrogen-bond donors (Lipinski definition) is 1. The van der Waals surface area contributed by atoms with Gasteiger partial charge in [0.15, 0.2) is 0 Å². The van der Waals surface area contributed by atoms with Crippen LogP contribution in [0.1, 0.15) is 26.7 Å². The second-order valence-electron chi connectivity index (χ2n) is 4.47. The summed E-state index contributed by atoms with van der Waals surface area (Å²) < 4.78 is 39.0. The van der Waals surface area contributed by atoms with E-state index in [1.54, 1.807) is 11.9 Å². The molecule has 2 unspecified atom stereocenters. The molecule has 0 radical (unpaired) electrons. The Morgan fingerprint density at radius 3 is 2.40 bits per heavy atom.